The van der Waals surface area contributed by atoms with Crippen LogP contribution in [0.5, 0.6) is 0 Å². The highest BCUT2D eigenvalue weighted by molar-refractivity contribution is 6.40. The first kappa shape index (κ1) is 15.5. The average Bonchev–Trinajstić information content (AvgIpc) is 2.34. The number of aliphatic carboxylic acids is 1. The van der Waals surface area contributed by atoms with E-state index in [0.717, 1.165) is 12.1 Å². The predicted molar refractivity (Wildman–Crippen MR) is 62.0 cm³/mol. The number of halogens is 4. The SMILES string of the molecule is O=C(O)C(Cl)C(=O)CCc1cccc(C(F)(F)F)c1. The molecule has 0 bridgehead atoms. The second-order valence-corrected chi connectivity index (χ2v) is 4.30. The van der Waals surface area contributed by atoms with Crippen LogP contribution < -0.4 is 0 Å². The zero-order chi connectivity index (χ0) is 14.6. The van der Waals surface area contributed by atoms with E-state index < -0.39 is 28.9 Å². The fourth-order valence-corrected chi connectivity index (χ4v) is 1.54. The van der Waals surface area contributed by atoms with E-state index in [1.165, 1.54) is 12.1 Å². The largest absolute Gasteiger partial charge is 0.480 e. The second-order valence-electron chi connectivity index (χ2n) is 3.87. The lowest BCUT2D eigenvalue weighted by Crippen LogP contribution is -2.24. The van der Waals surface area contributed by atoms with Gasteiger partial charge in [0.1, 0.15) is 0 Å². The van der Waals surface area contributed by atoms with Crippen molar-refractivity contribution in [2.24, 2.45) is 0 Å². The Bertz CT molecular complexity index is 485. The van der Waals surface area contributed by atoms with E-state index in [4.69, 9.17) is 16.7 Å². The van der Waals surface area contributed by atoms with Crippen molar-refractivity contribution in [2.75, 3.05) is 0 Å². The maximum Gasteiger partial charge on any atom is 0.416 e. The zero-order valence-electron chi connectivity index (χ0n) is 9.58. The number of alkyl halides is 4. The van der Waals surface area contributed by atoms with Gasteiger partial charge in [0.25, 0.3) is 0 Å². The Balaban J connectivity index is 2.69. The van der Waals surface area contributed by atoms with Crippen LogP contribution in [0, 0.1) is 0 Å². The summed E-state index contributed by atoms with van der Waals surface area (Å²) in [6.07, 6.45) is -4.66. The lowest BCUT2D eigenvalue weighted by Gasteiger charge is -2.08. The standard InChI is InChI=1S/C12H10ClF3O3/c13-10(11(18)19)9(17)5-4-7-2-1-3-8(6-7)12(14,15)16/h1-3,6,10H,4-5H2,(H,18,19). The molecule has 0 radical (unpaired) electrons. The first-order chi connectivity index (χ1) is 8.71. The van der Waals surface area contributed by atoms with Crippen LogP contribution in [-0.4, -0.2) is 22.2 Å². The smallest absolute Gasteiger partial charge is 0.416 e. The molecule has 0 heterocycles. The molecule has 1 unspecified atom stereocenters. The highest BCUT2D eigenvalue weighted by Crippen LogP contribution is 2.29. The molecule has 1 N–H and O–H groups in total. The van der Waals surface area contributed by atoms with E-state index in [2.05, 4.69) is 0 Å². The van der Waals surface area contributed by atoms with Crippen molar-refractivity contribution in [3.05, 3.63) is 35.4 Å². The van der Waals surface area contributed by atoms with Crippen LogP contribution in [0.25, 0.3) is 0 Å². The summed E-state index contributed by atoms with van der Waals surface area (Å²) >= 11 is 5.31. The van der Waals surface area contributed by atoms with Crippen LogP contribution in [0.15, 0.2) is 24.3 Å². The van der Waals surface area contributed by atoms with Crippen molar-refractivity contribution >= 4 is 23.4 Å². The number of carbonyl (C=O) groups excluding carboxylic acids is 1. The summed E-state index contributed by atoms with van der Waals surface area (Å²) in [7, 11) is 0. The lowest BCUT2D eigenvalue weighted by molar-refractivity contribution is -0.140. The Morgan fingerprint density at radius 3 is 2.47 bits per heavy atom. The van der Waals surface area contributed by atoms with E-state index >= 15 is 0 Å². The van der Waals surface area contributed by atoms with E-state index in [9.17, 15) is 22.8 Å². The van der Waals surface area contributed by atoms with Crippen LogP contribution in [0.4, 0.5) is 13.2 Å². The molecule has 0 spiro atoms. The van der Waals surface area contributed by atoms with Gasteiger partial charge in [-0.05, 0) is 18.1 Å². The highest BCUT2D eigenvalue weighted by atomic mass is 35.5. The minimum absolute atomic E-state index is 0.0131. The Labute approximate surface area is 112 Å². The molecule has 104 valence electrons. The number of hydrogen-bond acceptors (Lipinski definition) is 2. The quantitative estimate of drug-likeness (QED) is 0.671. The third kappa shape index (κ3) is 4.55. The first-order valence-electron chi connectivity index (χ1n) is 5.27. The number of carboxylic acid groups (broad SMARTS) is 1. The van der Waals surface area contributed by atoms with Gasteiger partial charge in [-0.15, -0.1) is 11.6 Å². The van der Waals surface area contributed by atoms with Crippen LogP contribution in [0.3, 0.4) is 0 Å². The fraction of sp³-hybridized carbons (Fsp3) is 0.333. The van der Waals surface area contributed by atoms with Crippen molar-refractivity contribution in [3.63, 3.8) is 0 Å². The fourth-order valence-electron chi connectivity index (χ4n) is 1.44. The van der Waals surface area contributed by atoms with Gasteiger partial charge in [-0.25, -0.2) is 0 Å². The monoisotopic (exact) mass is 294 g/mol. The number of Topliss-reactive ketones (excluding diaryl/α,β-unsaturated/α-hetero) is 1. The number of aryl methyl sites for hydroxylation is 1. The van der Waals surface area contributed by atoms with Crippen molar-refractivity contribution in [1.29, 1.82) is 0 Å². The van der Waals surface area contributed by atoms with Gasteiger partial charge in [0.2, 0.25) is 0 Å². The van der Waals surface area contributed by atoms with Crippen molar-refractivity contribution in [2.45, 2.75) is 24.4 Å². The highest BCUT2D eigenvalue weighted by Gasteiger charge is 2.30. The molecule has 0 amide bonds. The summed E-state index contributed by atoms with van der Waals surface area (Å²) in [4.78, 5) is 21.7. The molecule has 19 heavy (non-hydrogen) atoms. The third-order valence-electron chi connectivity index (χ3n) is 2.41. The van der Waals surface area contributed by atoms with Gasteiger partial charge in [0.15, 0.2) is 11.2 Å². The molecule has 0 saturated heterocycles. The normalized spacial score (nSPS) is 13.1. The third-order valence-corrected chi connectivity index (χ3v) is 2.84. The van der Waals surface area contributed by atoms with Crippen LogP contribution >= 0.6 is 11.6 Å². The van der Waals surface area contributed by atoms with Crippen molar-refractivity contribution < 1.29 is 27.9 Å². The summed E-state index contributed by atoms with van der Waals surface area (Å²) < 4.78 is 37.3. The van der Waals surface area contributed by atoms with E-state index in [1.807, 2.05) is 0 Å². The Hall–Kier alpha value is -1.56. The van der Waals surface area contributed by atoms with Crippen LogP contribution in [0.2, 0.25) is 0 Å². The van der Waals surface area contributed by atoms with E-state index in [1.54, 1.807) is 0 Å². The molecule has 0 aromatic heterocycles. The van der Waals surface area contributed by atoms with Gasteiger partial charge >= 0.3 is 12.1 Å². The molecular weight excluding hydrogens is 285 g/mol. The number of benzene rings is 1. The molecule has 0 aliphatic heterocycles. The van der Waals surface area contributed by atoms with Gasteiger partial charge in [-0.2, -0.15) is 13.2 Å². The molecule has 0 saturated carbocycles. The zero-order valence-corrected chi connectivity index (χ0v) is 10.3. The minimum Gasteiger partial charge on any atom is -0.480 e. The molecule has 1 aromatic rings. The predicted octanol–water partition coefficient (Wildman–Crippen LogP) is 2.90. The minimum atomic E-state index is -4.45. The van der Waals surface area contributed by atoms with E-state index in [0.29, 0.717) is 5.56 Å². The number of rotatable bonds is 5. The Morgan fingerprint density at radius 2 is 1.95 bits per heavy atom. The molecule has 1 aromatic carbocycles. The maximum absolute atomic E-state index is 12.4. The number of carboxylic acids is 1. The van der Waals surface area contributed by atoms with Gasteiger partial charge < -0.3 is 5.11 Å². The first-order valence-corrected chi connectivity index (χ1v) is 5.71. The van der Waals surface area contributed by atoms with Crippen molar-refractivity contribution in [1.82, 2.24) is 0 Å². The van der Waals surface area contributed by atoms with Gasteiger partial charge in [0, 0.05) is 6.42 Å². The Morgan fingerprint density at radius 1 is 1.32 bits per heavy atom. The van der Waals surface area contributed by atoms with E-state index in [-0.39, 0.29) is 12.8 Å². The summed E-state index contributed by atoms with van der Waals surface area (Å²) in [6.45, 7) is 0. The summed E-state index contributed by atoms with van der Waals surface area (Å²) in [5, 5.41) is 6.84. The molecule has 1 atom stereocenters. The summed E-state index contributed by atoms with van der Waals surface area (Å²) in [6, 6.07) is 4.52. The van der Waals surface area contributed by atoms with Crippen molar-refractivity contribution in [3.8, 4) is 0 Å². The van der Waals surface area contributed by atoms with Gasteiger partial charge in [0.05, 0.1) is 5.56 Å². The molecule has 1 rings (SSSR count). The molecule has 7 heteroatoms. The summed E-state index contributed by atoms with van der Waals surface area (Å²) in [5.74, 6) is -2.19. The molecule has 0 aliphatic carbocycles. The van der Waals surface area contributed by atoms with Gasteiger partial charge in [-0.1, -0.05) is 18.2 Å². The van der Waals surface area contributed by atoms with Gasteiger partial charge in [-0.3, -0.25) is 9.59 Å². The van der Waals surface area contributed by atoms with Crippen LogP contribution in [-0.2, 0) is 22.2 Å². The number of hydrogen-bond donors (Lipinski definition) is 1. The Kier molecular flexibility index (Phi) is 4.94. The van der Waals surface area contributed by atoms with Crippen LogP contribution in [0.1, 0.15) is 17.5 Å². The number of ketones is 1. The average molecular weight is 295 g/mol. The summed E-state index contributed by atoms with van der Waals surface area (Å²) in [5.41, 5.74) is -0.504. The molecule has 0 aliphatic rings. The molecule has 3 nitrogen and oxygen atoms in total. The second kappa shape index (κ2) is 6.06. The molecular formula is C12H10ClF3O3. The maximum atomic E-state index is 12.4. The lowest BCUT2D eigenvalue weighted by atomic mass is 10.0. The topological polar surface area (TPSA) is 54.4 Å². The number of carbonyl (C=O) groups is 2. The molecule has 0 fully saturated rings.